The van der Waals surface area contributed by atoms with Crippen molar-refractivity contribution in [2.75, 3.05) is 33.4 Å². The van der Waals surface area contributed by atoms with E-state index in [4.69, 9.17) is 18.6 Å². The van der Waals surface area contributed by atoms with Gasteiger partial charge in [0.25, 0.3) is 0 Å². The lowest BCUT2D eigenvalue weighted by Crippen LogP contribution is -2.29. The predicted octanol–water partition coefficient (Wildman–Crippen LogP) is 4.91. The highest BCUT2D eigenvalue weighted by Gasteiger charge is 2.38. The second kappa shape index (κ2) is 11.7. The average molecular weight is 501 g/mol. The number of benzene rings is 3. The predicted molar refractivity (Wildman–Crippen MR) is 139 cm³/mol. The molecule has 1 N–H and O–H groups in total. The van der Waals surface area contributed by atoms with Crippen molar-refractivity contribution in [3.8, 4) is 5.75 Å². The van der Waals surface area contributed by atoms with E-state index in [2.05, 4.69) is 9.88 Å². The van der Waals surface area contributed by atoms with Crippen LogP contribution in [-0.2, 0) is 21.6 Å². The fourth-order valence-corrected chi connectivity index (χ4v) is 4.46. The van der Waals surface area contributed by atoms with Gasteiger partial charge >= 0.3 is 0 Å². The monoisotopic (exact) mass is 500 g/mol. The molecule has 1 aliphatic rings. The largest absolute Gasteiger partial charge is 0.494 e. The number of hydrogen-bond acceptors (Lipinski definition) is 7. The number of hydrogen-bond donors (Lipinski definition) is 1. The first-order valence-corrected chi connectivity index (χ1v) is 12.6. The van der Waals surface area contributed by atoms with E-state index >= 15 is 0 Å². The number of aromatic nitrogens is 1. The topological polar surface area (TPSA) is 77.2 Å². The van der Waals surface area contributed by atoms with E-state index in [0.29, 0.717) is 43.3 Å². The summed E-state index contributed by atoms with van der Waals surface area (Å²) in [5.41, 5.74) is 0.939. The van der Waals surface area contributed by atoms with Gasteiger partial charge in [0, 0.05) is 12.1 Å². The van der Waals surface area contributed by atoms with Crippen molar-refractivity contribution in [3.63, 3.8) is 0 Å². The molecule has 0 atom stereocenters. The normalized spacial score (nSPS) is 14.4. The van der Waals surface area contributed by atoms with Crippen molar-refractivity contribution in [2.45, 2.75) is 24.9 Å². The van der Waals surface area contributed by atoms with Crippen molar-refractivity contribution < 1.29 is 23.7 Å². The molecule has 0 aliphatic carbocycles. The summed E-state index contributed by atoms with van der Waals surface area (Å²) in [6.07, 6.45) is 2.28. The van der Waals surface area contributed by atoms with Crippen LogP contribution in [0.15, 0.2) is 95.5 Å². The number of rotatable bonds is 11. The third kappa shape index (κ3) is 5.92. The van der Waals surface area contributed by atoms with Crippen molar-refractivity contribution in [1.29, 1.82) is 0 Å². The maximum atomic E-state index is 11.8. The zero-order valence-electron chi connectivity index (χ0n) is 21.0. The fraction of sp³-hybridized carbons (Fsp3) is 0.300. The summed E-state index contributed by atoms with van der Waals surface area (Å²) in [5.74, 6) is 1.77. The van der Waals surface area contributed by atoms with E-state index in [1.807, 2.05) is 92.0 Å². The molecule has 1 aliphatic heterocycles. The maximum absolute atomic E-state index is 11.8. The van der Waals surface area contributed by atoms with Crippen LogP contribution in [0.1, 0.15) is 41.1 Å². The number of ether oxygens (including phenoxy) is 3. The third-order valence-electron chi connectivity index (χ3n) is 6.40. The van der Waals surface area contributed by atoms with Gasteiger partial charge in [0.05, 0.1) is 32.6 Å². The molecule has 5 rings (SSSR count). The van der Waals surface area contributed by atoms with Gasteiger partial charge in [0.2, 0.25) is 5.89 Å². The summed E-state index contributed by atoms with van der Waals surface area (Å²) in [5, 5.41) is 11.8. The molecule has 1 fully saturated rings. The Morgan fingerprint density at radius 1 is 0.919 bits per heavy atom. The standard InChI is InChI=1S/C30H32N2O5/c1-32(17-8-18-34-26-15-13-23(14-16-26)28-35-19-20-36-28)22-27-21-31-29(37-27)30(33,24-9-4-2-5-10-24)25-11-6-3-7-12-25/h2-7,9-16,21,28,33H,8,17-20,22H2,1H3. The fourth-order valence-electron chi connectivity index (χ4n) is 4.46. The quantitative estimate of drug-likeness (QED) is 0.293. The van der Waals surface area contributed by atoms with Crippen LogP contribution in [0.5, 0.6) is 5.75 Å². The molecular formula is C30H32N2O5. The minimum atomic E-state index is -1.47. The van der Waals surface area contributed by atoms with Crippen LogP contribution in [-0.4, -0.2) is 48.4 Å². The van der Waals surface area contributed by atoms with Crippen LogP contribution in [0.2, 0.25) is 0 Å². The summed E-state index contributed by atoms with van der Waals surface area (Å²) >= 11 is 0. The molecule has 7 heteroatoms. The molecule has 0 bridgehead atoms. The second-order valence-electron chi connectivity index (χ2n) is 9.16. The van der Waals surface area contributed by atoms with Crippen LogP contribution in [0.25, 0.3) is 0 Å². The van der Waals surface area contributed by atoms with Crippen LogP contribution in [0.3, 0.4) is 0 Å². The van der Waals surface area contributed by atoms with Crippen molar-refractivity contribution in [3.05, 3.63) is 119 Å². The van der Waals surface area contributed by atoms with Crippen LogP contribution < -0.4 is 4.74 Å². The van der Waals surface area contributed by atoms with Gasteiger partial charge < -0.3 is 23.7 Å². The lowest BCUT2D eigenvalue weighted by molar-refractivity contribution is -0.0441. The first-order chi connectivity index (χ1) is 18.1. The molecule has 3 aromatic carbocycles. The highest BCUT2D eigenvalue weighted by Crippen LogP contribution is 2.36. The summed E-state index contributed by atoms with van der Waals surface area (Å²) in [6, 6.07) is 26.8. The maximum Gasteiger partial charge on any atom is 0.236 e. The van der Waals surface area contributed by atoms with Crippen LogP contribution in [0.4, 0.5) is 0 Å². The van der Waals surface area contributed by atoms with E-state index in [0.717, 1.165) is 24.3 Å². The molecule has 2 heterocycles. The molecular weight excluding hydrogens is 468 g/mol. The molecule has 4 aromatic rings. The lowest BCUT2D eigenvalue weighted by Gasteiger charge is -2.26. The Labute approximate surface area is 217 Å². The number of aliphatic hydroxyl groups is 1. The Morgan fingerprint density at radius 2 is 1.54 bits per heavy atom. The van der Waals surface area contributed by atoms with Gasteiger partial charge in [-0.1, -0.05) is 72.8 Å². The smallest absolute Gasteiger partial charge is 0.236 e. The Hall–Kier alpha value is -3.49. The first-order valence-electron chi connectivity index (χ1n) is 12.6. The van der Waals surface area contributed by atoms with Crippen LogP contribution in [0, 0.1) is 0 Å². The van der Waals surface area contributed by atoms with E-state index < -0.39 is 5.60 Å². The lowest BCUT2D eigenvalue weighted by atomic mass is 9.86. The van der Waals surface area contributed by atoms with E-state index in [9.17, 15) is 5.11 Å². The SMILES string of the molecule is CN(CCCOc1ccc(C2OCCO2)cc1)Cc1cnc(C(O)(c2ccccc2)c2ccccc2)o1. The summed E-state index contributed by atoms with van der Waals surface area (Å²) in [7, 11) is 2.03. The van der Waals surface area contributed by atoms with Gasteiger partial charge in [0.1, 0.15) is 11.5 Å². The van der Waals surface area contributed by atoms with Crippen molar-refractivity contribution in [2.24, 2.45) is 0 Å². The second-order valence-corrected chi connectivity index (χ2v) is 9.16. The molecule has 0 radical (unpaired) electrons. The molecule has 0 unspecified atom stereocenters. The van der Waals surface area contributed by atoms with Gasteiger partial charge in [0.15, 0.2) is 11.9 Å². The van der Waals surface area contributed by atoms with Crippen LogP contribution >= 0.6 is 0 Å². The third-order valence-corrected chi connectivity index (χ3v) is 6.40. The Bertz CT molecular complexity index is 1200. The molecule has 0 amide bonds. The van der Waals surface area contributed by atoms with E-state index in [-0.39, 0.29) is 12.2 Å². The van der Waals surface area contributed by atoms with Gasteiger partial charge in [-0.2, -0.15) is 0 Å². The molecule has 192 valence electrons. The summed E-state index contributed by atoms with van der Waals surface area (Å²) in [4.78, 5) is 6.63. The molecule has 37 heavy (non-hydrogen) atoms. The van der Waals surface area contributed by atoms with Crippen molar-refractivity contribution >= 4 is 0 Å². The Balaban J connectivity index is 1.15. The van der Waals surface area contributed by atoms with Gasteiger partial charge in [-0.15, -0.1) is 0 Å². The number of nitrogens with zero attached hydrogens (tertiary/aromatic N) is 2. The van der Waals surface area contributed by atoms with Crippen molar-refractivity contribution in [1.82, 2.24) is 9.88 Å². The minimum absolute atomic E-state index is 0.258. The minimum Gasteiger partial charge on any atom is -0.494 e. The van der Waals surface area contributed by atoms with Gasteiger partial charge in [-0.25, -0.2) is 4.98 Å². The van der Waals surface area contributed by atoms with E-state index in [1.165, 1.54) is 0 Å². The zero-order valence-corrected chi connectivity index (χ0v) is 21.0. The average Bonchev–Trinajstić information content (AvgIpc) is 3.65. The molecule has 1 saturated heterocycles. The summed E-state index contributed by atoms with van der Waals surface area (Å²) in [6.45, 7) is 3.26. The molecule has 0 saturated carbocycles. The van der Waals surface area contributed by atoms with Gasteiger partial charge in [-0.3, -0.25) is 4.90 Å². The Kier molecular flexibility index (Phi) is 7.96. The number of oxazole rings is 1. The van der Waals surface area contributed by atoms with Gasteiger partial charge in [-0.05, 0) is 36.7 Å². The molecule has 1 aromatic heterocycles. The summed E-state index contributed by atoms with van der Waals surface area (Å²) < 4.78 is 23.0. The molecule has 0 spiro atoms. The first kappa shape index (κ1) is 25.2. The highest BCUT2D eigenvalue weighted by molar-refractivity contribution is 5.41. The zero-order chi connectivity index (χ0) is 25.5. The van der Waals surface area contributed by atoms with E-state index in [1.54, 1.807) is 6.20 Å². The Morgan fingerprint density at radius 3 is 2.16 bits per heavy atom. The molecule has 7 nitrogen and oxygen atoms in total. The highest BCUT2D eigenvalue weighted by atomic mass is 16.7.